The van der Waals surface area contributed by atoms with Crippen molar-refractivity contribution in [3.05, 3.63) is 53.6 Å². The molecule has 0 atom stereocenters. The lowest BCUT2D eigenvalue weighted by molar-refractivity contribution is 0.418. The molecule has 0 aliphatic rings. The number of ether oxygens (including phenoxy) is 1. The first-order chi connectivity index (χ1) is 8.61. The summed E-state index contributed by atoms with van der Waals surface area (Å²) in [7, 11) is 0. The van der Waals surface area contributed by atoms with Gasteiger partial charge in [0.2, 0.25) is 5.82 Å². The van der Waals surface area contributed by atoms with E-state index in [-0.39, 0.29) is 17.2 Å². The number of rotatable bonds is 2. The number of anilines is 1. The lowest BCUT2D eigenvalue weighted by Gasteiger charge is -2.09. The van der Waals surface area contributed by atoms with Crippen molar-refractivity contribution in [2.24, 2.45) is 0 Å². The van der Waals surface area contributed by atoms with Gasteiger partial charge in [0.15, 0.2) is 11.6 Å². The Morgan fingerprint density at radius 2 is 1.72 bits per heavy atom. The summed E-state index contributed by atoms with van der Waals surface area (Å²) < 4.78 is 31.7. The van der Waals surface area contributed by atoms with Crippen LogP contribution in [0, 0.1) is 23.0 Å². The second-order valence-corrected chi connectivity index (χ2v) is 3.52. The highest BCUT2D eigenvalue weighted by molar-refractivity contribution is 5.55. The number of nitriles is 1. The molecule has 0 saturated heterocycles. The Morgan fingerprint density at radius 1 is 1.06 bits per heavy atom. The van der Waals surface area contributed by atoms with Gasteiger partial charge in [0, 0.05) is 0 Å². The zero-order valence-electron chi connectivity index (χ0n) is 9.15. The topological polar surface area (TPSA) is 59.0 Å². The maximum atomic E-state index is 13.5. The van der Waals surface area contributed by atoms with Crippen molar-refractivity contribution >= 4 is 5.69 Å². The van der Waals surface area contributed by atoms with Crippen LogP contribution in [0.1, 0.15) is 5.56 Å². The Hall–Kier alpha value is -2.61. The van der Waals surface area contributed by atoms with Crippen molar-refractivity contribution < 1.29 is 13.5 Å². The summed E-state index contributed by atoms with van der Waals surface area (Å²) in [4.78, 5) is 0. The SMILES string of the molecule is N#Cc1ccc(Oc2c(N)ccc(F)c2F)cc1. The highest BCUT2D eigenvalue weighted by Gasteiger charge is 2.14. The average molecular weight is 246 g/mol. The molecule has 18 heavy (non-hydrogen) atoms. The second kappa shape index (κ2) is 4.72. The van der Waals surface area contributed by atoms with E-state index in [4.69, 9.17) is 15.7 Å². The first-order valence-electron chi connectivity index (χ1n) is 5.03. The van der Waals surface area contributed by atoms with Gasteiger partial charge in [-0.1, -0.05) is 0 Å². The maximum absolute atomic E-state index is 13.5. The van der Waals surface area contributed by atoms with E-state index in [1.165, 1.54) is 30.3 Å². The summed E-state index contributed by atoms with van der Waals surface area (Å²) in [6, 6.07) is 10.0. The first kappa shape index (κ1) is 11.9. The van der Waals surface area contributed by atoms with Gasteiger partial charge in [-0.2, -0.15) is 9.65 Å². The van der Waals surface area contributed by atoms with Crippen molar-refractivity contribution in [3.8, 4) is 17.6 Å². The van der Waals surface area contributed by atoms with Gasteiger partial charge in [0.25, 0.3) is 0 Å². The van der Waals surface area contributed by atoms with Crippen LogP contribution in [0.25, 0.3) is 0 Å². The number of hydrogen-bond donors (Lipinski definition) is 1. The minimum absolute atomic E-state index is 0.00161. The molecular weight excluding hydrogens is 238 g/mol. The van der Waals surface area contributed by atoms with Crippen LogP contribution >= 0.6 is 0 Å². The third kappa shape index (κ3) is 2.23. The predicted octanol–water partition coefficient (Wildman–Crippen LogP) is 3.21. The van der Waals surface area contributed by atoms with Gasteiger partial charge < -0.3 is 10.5 Å². The van der Waals surface area contributed by atoms with Gasteiger partial charge in [-0.3, -0.25) is 0 Å². The molecule has 2 N–H and O–H groups in total. The van der Waals surface area contributed by atoms with Crippen LogP contribution in [0.3, 0.4) is 0 Å². The molecule has 2 rings (SSSR count). The van der Waals surface area contributed by atoms with Crippen molar-refractivity contribution in [3.63, 3.8) is 0 Å². The molecule has 3 nitrogen and oxygen atoms in total. The van der Waals surface area contributed by atoms with Gasteiger partial charge in [0.05, 0.1) is 17.3 Å². The molecule has 0 aliphatic heterocycles. The van der Waals surface area contributed by atoms with Gasteiger partial charge in [-0.05, 0) is 36.4 Å². The van der Waals surface area contributed by atoms with Crippen molar-refractivity contribution in [2.75, 3.05) is 5.73 Å². The smallest absolute Gasteiger partial charge is 0.203 e. The van der Waals surface area contributed by atoms with Crippen molar-refractivity contribution in [2.45, 2.75) is 0 Å². The fourth-order valence-corrected chi connectivity index (χ4v) is 1.37. The number of nitrogens with two attached hydrogens (primary N) is 1. The van der Waals surface area contributed by atoms with Crippen LogP contribution in [0.5, 0.6) is 11.5 Å². The summed E-state index contributed by atoms with van der Waals surface area (Å²) in [6.07, 6.45) is 0. The molecule has 0 aromatic heterocycles. The fraction of sp³-hybridized carbons (Fsp3) is 0. The lowest BCUT2D eigenvalue weighted by Crippen LogP contribution is -1.97. The molecule has 2 aromatic rings. The van der Waals surface area contributed by atoms with Crippen LogP contribution in [0.4, 0.5) is 14.5 Å². The Kier molecular flexibility index (Phi) is 3.11. The Balaban J connectivity index is 2.34. The van der Waals surface area contributed by atoms with E-state index < -0.39 is 11.6 Å². The predicted molar refractivity (Wildman–Crippen MR) is 62.0 cm³/mol. The molecule has 0 bridgehead atoms. The van der Waals surface area contributed by atoms with Gasteiger partial charge in [-0.15, -0.1) is 0 Å². The Bertz CT molecular complexity index is 618. The van der Waals surface area contributed by atoms with Gasteiger partial charge in [-0.25, -0.2) is 4.39 Å². The molecule has 0 saturated carbocycles. The van der Waals surface area contributed by atoms with Crippen LogP contribution in [-0.4, -0.2) is 0 Å². The third-order valence-corrected chi connectivity index (χ3v) is 2.28. The molecule has 0 amide bonds. The Labute approximate surface area is 102 Å². The number of nitrogens with zero attached hydrogens (tertiary/aromatic N) is 1. The van der Waals surface area contributed by atoms with E-state index in [2.05, 4.69) is 0 Å². The monoisotopic (exact) mass is 246 g/mol. The average Bonchev–Trinajstić information content (AvgIpc) is 2.40. The van der Waals surface area contributed by atoms with E-state index in [0.29, 0.717) is 5.56 Å². The van der Waals surface area contributed by atoms with E-state index in [0.717, 1.165) is 6.07 Å². The lowest BCUT2D eigenvalue weighted by atomic mass is 10.2. The van der Waals surface area contributed by atoms with Crippen LogP contribution in [0.15, 0.2) is 36.4 Å². The largest absolute Gasteiger partial charge is 0.452 e. The standard InChI is InChI=1S/C13H8F2N2O/c14-10-5-6-11(17)13(12(10)15)18-9-3-1-8(7-16)2-4-9/h1-6H,17H2. The molecule has 0 aliphatic carbocycles. The minimum atomic E-state index is -1.14. The second-order valence-electron chi connectivity index (χ2n) is 3.52. The molecule has 0 fully saturated rings. The molecular formula is C13H8F2N2O. The van der Waals surface area contributed by atoms with E-state index in [1.54, 1.807) is 0 Å². The molecule has 90 valence electrons. The highest BCUT2D eigenvalue weighted by atomic mass is 19.2. The van der Waals surface area contributed by atoms with E-state index in [1.807, 2.05) is 6.07 Å². The molecule has 0 unspecified atom stereocenters. The highest BCUT2D eigenvalue weighted by Crippen LogP contribution is 2.31. The Morgan fingerprint density at radius 3 is 2.33 bits per heavy atom. The fourth-order valence-electron chi connectivity index (χ4n) is 1.37. The number of benzene rings is 2. The summed E-state index contributed by atoms with van der Waals surface area (Å²) in [6.45, 7) is 0. The molecule has 2 aromatic carbocycles. The van der Waals surface area contributed by atoms with Crippen LogP contribution in [-0.2, 0) is 0 Å². The van der Waals surface area contributed by atoms with Crippen molar-refractivity contribution in [1.29, 1.82) is 5.26 Å². The zero-order chi connectivity index (χ0) is 13.1. The number of halogens is 2. The molecule has 5 heteroatoms. The number of nitrogen functional groups attached to an aromatic ring is 1. The van der Waals surface area contributed by atoms with Crippen LogP contribution < -0.4 is 10.5 Å². The summed E-state index contributed by atoms with van der Waals surface area (Å²) in [5, 5.41) is 8.62. The third-order valence-electron chi connectivity index (χ3n) is 2.28. The molecule has 0 radical (unpaired) electrons. The summed E-state index contributed by atoms with van der Waals surface area (Å²) in [5.41, 5.74) is 5.95. The normalized spacial score (nSPS) is 9.83. The summed E-state index contributed by atoms with van der Waals surface area (Å²) >= 11 is 0. The quantitative estimate of drug-likeness (QED) is 0.827. The number of hydrogen-bond acceptors (Lipinski definition) is 3. The zero-order valence-corrected chi connectivity index (χ0v) is 9.15. The van der Waals surface area contributed by atoms with Crippen molar-refractivity contribution in [1.82, 2.24) is 0 Å². The minimum Gasteiger partial charge on any atom is -0.452 e. The van der Waals surface area contributed by atoms with Crippen LogP contribution in [0.2, 0.25) is 0 Å². The maximum Gasteiger partial charge on any atom is 0.203 e. The molecule has 0 spiro atoms. The summed E-state index contributed by atoms with van der Waals surface area (Å²) in [5.74, 6) is -2.27. The van der Waals surface area contributed by atoms with Gasteiger partial charge >= 0.3 is 0 Å². The first-order valence-corrected chi connectivity index (χ1v) is 5.03. The molecule has 0 heterocycles. The van der Waals surface area contributed by atoms with Gasteiger partial charge in [0.1, 0.15) is 5.75 Å². The van der Waals surface area contributed by atoms with E-state index in [9.17, 15) is 8.78 Å². The van der Waals surface area contributed by atoms with E-state index >= 15 is 0 Å².